The van der Waals surface area contributed by atoms with Crippen LogP contribution >= 0.6 is 0 Å². The highest BCUT2D eigenvalue weighted by atomic mass is 16.5. The van der Waals surface area contributed by atoms with Gasteiger partial charge in [-0.15, -0.1) is 0 Å². The SMILES string of the molecule is COC1=CC(c2cnc3c(NCc4cnc(-c5ccc(=O)n(C)c5)cn4)nccn23)=CCC1. The van der Waals surface area contributed by atoms with Crippen LogP contribution in [0.4, 0.5) is 5.82 Å². The molecule has 0 unspecified atom stereocenters. The fourth-order valence-corrected chi connectivity index (χ4v) is 3.79. The molecule has 1 aliphatic rings. The quantitative estimate of drug-likeness (QED) is 0.490. The fraction of sp³-hybridized carbons (Fsp3) is 0.208. The standard InChI is InChI=1S/C24H23N7O2/c1-30-15-17(6-7-22(30)32)20-13-26-18(11-27-20)12-28-23-24-29-14-21(31(24)9-8-25-23)16-4-3-5-19(10-16)33-2/h4,6-11,13-15H,3,5,12H2,1-2H3,(H,25,28). The zero-order valence-corrected chi connectivity index (χ0v) is 18.4. The number of nitrogens with one attached hydrogen (secondary N) is 1. The lowest BCUT2D eigenvalue weighted by Crippen LogP contribution is -2.14. The number of rotatable bonds is 6. The van der Waals surface area contributed by atoms with Crippen molar-refractivity contribution in [2.24, 2.45) is 7.05 Å². The van der Waals surface area contributed by atoms with Crippen LogP contribution in [-0.4, -0.2) is 36.0 Å². The molecule has 0 saturated carbocycles. The topological polar surface area (TPSA) is 99.2 Å². The molecule has 0 aromatic carbocycles. The molecule has 4 heterocycles. The summed E-state index contributed by atoms with van der Waals surface area (Å²) >= 11 is 0. The number of nitrogens with zero attached hydrogens (tertiary/aromatic N) is 6. The predicted octanol–water partition coefficient (Wildman–Crippen LogP) is 3.20. The number of allylic oxidation sites excluding steroid dienone is 4. The zero-order chi connectivity index (χ0) is 22.8. The van der Waals surface area contributed by atoms with E-state index < -0.39 is 0 Å². The number of fused-ring (bicyclic) bond motifs is 1. The van der Waals surface area contributed by atoms with E-state index in [0.29, 0.717) is 18.1 Å². The third kappa shape index (κ3) is 4.12. The van der Waals surface area contributed by atoms with Gasteiger partial charge in [0, 0.05) is 43.7 Å². The van der Waals surface area contributed by atoms with Crippen molar-refractivity contribution in [1.82, 2.24) is 28.9 Å². The van der Waals surface area contributed by atoms with Gasteiger partial charge >= 0.3 is 0 Å². The number of hydrogen-bond donors (Lipinski definition) is 1. The number of pyridine rings is 1. The molecular weight excluding hydrogens is 418 g/mol. The van der Waals surface area contributed by atoms with E-state index >= 15 is 0 Å². The number of anilines is 1. The molecule has 4 aromatic rings. The first-order valence-corrected chi connectivity index (χ1v) is 10.6. The van der Waals surface area contributed by atoms with Crippen LogP contribution in [0.5, 0.6) is 0 Å². The summed E-state index contributed by atoms with van der Waals surface area (Å²) < 4.78 is 8.97. The van der Waals surface area contributed by atoms with Crippen molar-refractivity contribution in [1.29, 1.82) is 0 Å². The Morgan fingerprint density at radius 1 is 1.12 bits per heavy atom. The van der Waals surface area contributed by atoms with Gasteiger partial charge in [0.05, 0.1) is 55.1 Å². The second-order valence-electron chi connectivity index (χ2n) is 7.74. The fourth-order valence-electron chi connectivity index (χ4n) is 3.79. The molecule has 33 heavy (non-hydrogen) atoms. The Bertz CT molecular complexity index is 1430. The maximum absolute atomic E-state index is 11.6. The second-order valence-corrected chi connectivity index (χ2v) is 7.74. The minimum Gasteiger partial charge on any atom is -0.501 e. The molecule has 9 heteroatoms. The van der Waals surface area contributed by atoms with Crippen molar-refractivity contribution in [2.75, 3.05) is 12.4 Å². The van der Waals surface area contributed by atoms with E-state index in [1.165, 1.54) is 10.6 Å². The van der Waals surface area contributed by atoms with Crippen LogP contribution in [0.15, 0.2) is 72.0 Å². The highest BCUT2D eigenvalue weighted by Crippen LogP contribution is 2.27. The summed E-state index contributed by atoms with van der Waals surface area (Å²) in [5.41, 5.74) is 5.06. The molecule has 0 amide bonds. The average molecular weight is 441 g/mol. The first-order valence-electron chi connectivity index (χ1n) is 10.6. The highest BCUT2D eigenvalue weighted by Gasteiger charge is 2.14. The van der Waals surface area contributed by atoms with E-state index in [4.69, 9.17) is 4.74 Å². The van der Waals surface area contributed by atoms with Crippen molar-refractivity contribution in [2.45, 2.75) is 19.4 Å². The Morgan fingerprint density at radius 2 is 2.03 bits per heavy atom. The van der Waals surface area contributed by atoms with Gasteiger partial charge in [-0.25, -0.2) is 9.97 Å². The lowest BCUT2D eigenvalue weighted by molar-refractivity contribution is 0.277. The van der Waals surface area contributed by atoms with Crippen LogP contribution in [0.25, 0.3) is 22.5 Å². The van der Waals surface area contributed by atoms with Gasteiger partial charge < -0.3 is 14.6 Å². The van der Waals surface area contributed by atoms with Gasteiger partial charge in [0.15, 0.2) is 11.5 Å². The van der Waals surface area contributed by atoms with Crippen LogP contribution in [0.2, 0.25) is 0 Å². The van der Waals surface area contributed by atoms with Gasteiger partial charge in [0.2, 0.25) is 5.56 Å². The molecule has 0 spiro atoms. The maximum Gasteiger partial charge on any atom is 0.250 e. The Kier molecular flexibility index (Phi) is 5.43. The Labute approximate surface area is 190 Å². The van der Waals surface area contributed by atoms with Crippen molar-refractivity contribution < 1.29 is 4.74 Å². The summed E-state index contributed by atoms with van der Waals surface area (Å²) in [5, 5.41) is 3.31. The normalized spacial score (nSPS) is 13.5. The minimum atomic E-state index is -0.0636. The second kappa shape index (κ2) is 8.70. The average Bonchev–Trinajstić information content (AvgIpc) is 3.30. The molecule has 1 aliphatic carbocycles. The number of aryl methyl sites for hydroxylation is 1. The molecule has 0 saturated heterocycles. The molecular formula is C24H23N7O2. The van der Waals surface area contributed by atoms with Crippen molar-refractivity contribution >= 4 is 17.0 Å². The largest absolute Gasteiger partial charge is 0.501 e. The van der Waals surface area contributed by atoms with Crippen molar-refractivity contribution in [3.8, 4) is 11.3 Å². The summed E-state index contributed by atoms with van der Waals surface area (Å²) in [7, 11) is 3.41. The highest BCUT2D eigenvalue weighted by molar-refractivity contribution is 5.76. The molecule has 0 radical (unpaired) electrons. The molecule has 0 atom stereocenters. The summed E-state index contributed by atoms with van der Waals surface area (Å²) in [6.07, 6.45) is 16.8. The summed E-state index contributed by atoms with van der Waals surface area (Å²) in [4.78, 5) is 29.6. The van der Waals surface area contributed by atoms with Gasteiger partial charge in [-0.05, 0) is 24.1 Å². The lowest BCUT2D eigenvalue weighted by Gasteiger charge is -2.13. The van der Waals surface area contributed by atoms with E-state index in [0.717, 1.165) is 46.8 Å². The predicted molar refractivity (Wildman–Crippen MR) is 125 cm³/mol. The number of methoxy groups -OCH3 is 1. The molecule has 5 rings (SSSR count). The Balaban J connectivity index is 1.34. The molecule has 166 valence electrons. The first-order chi connectivity index (χ1) is 16.1. The van der Waals surface area contributed by atoms with E-state index in [9.17, 15) is 4.79 Å². The molecule has 0 bridgehead atoms. The maximum atomic E-state index is 11.6. The smallest absolute Gasteiger partial charge is 0.250 e. The van der Waals surface area contributed by atoms with Crippen LogP contribution in [0.3, 0.4) is 0 Å². The summed E-state index contributed by atoms with van der Waals surface area (Å²) in [6, 6.07) is 3.27. The number of hydrogen-bond acceptors (Lipinski definition) is 7. The van der Waals surface area contributed by atoms with Crippen molar-refractivity contribution in [3.05, 3.63) is 89.0 Å². The molecule has 0 aliphatic heterocycles. The van der Waals surface area contributed by atoms with Gasteiger partial charge in [-0.2, -0.15) is 0 Å². The number of ether oxygens (including phenoxy) is 1. The third-order valence-electron chi connectivity index (χ3n) is 5.58. The monoisotopic (exact) mass is 441 g/mol. The molecule has 4 aromatic heterocycles. The van der Waals surface area contributed by atoms with Gasteiger partial charge in [-0.1, -0.05) is 6.08 Å². The van der Waals surface area contributed by atoms with Crippen LogP contribution < -0.4 is 10.9 Å². The summed E-state index contributed by atoms with van der Waals surface area (Å²) in [6.45, 7) is 0.450. The molecule has 0 fully saturated rings. The molecule has 9 nitrogen and oxygen atoms in total. The Hall–Kier alpha value is -4.27. The van der Waals surface area contributed by atoms with Crippen LogP contribution in [0.1, 0.15) is 24.2 Å². The first kappa shape index (κ1) is 20.6. The van der Waals surface area contributed by atoms with Gasteiger partial charge in [-0.3, -0.25) is 19.2 Å². The van der Waals surface area contributed by atoms with E-state index in [1.807, 2.05) is 16.8 Å². The van der Waals surface area contributed by atoms with Gasteiger partial charge in [0.25, 0.3) is 0 Å². The summed E-state index contributed by atoms with van der Waals surface area (Å²) in [5.74, 6) is 1.63. The van der Waals surface area contributed by atoms with Gasteiger partial charge in [0.1, 0.15) is 0 Å². The van der Waals surface area contributed by atoms with Crippen LogP contribution in [-0.2, 0) is 18.3 Å². The number of imidazole rings is 1. The third-order valence-corrected chi connectivity index (χ3v) is 5.58. The van der Waals surface area contributed by atoms with E-state index in [2.05, 4.69) is 37.4 Å². The van der Waals surface area contributed by atoms with E-state index in [-0.39, 0.29) is 5.56 Å². The van der Waals surface area contributed by atoms with Crippen LogP contribution in [0, 0.1) is 0 Å². The lowest BCUT2D eigenvalue weighted by atomic mass is 10.0. The zero-order valence-electron chi connectivity index (χ0n) is 18.4. The molecule has 1 N–H and O–H groups in total. The Morgan fingerprint density at radius 3 is 2.82 bits per heavy atom. The van der Waals surface area contributed by atoms with Crippen molar-refractivity contribution in [3.63, 3.8) is 0 Å². The minimum absolute atomic E-state index is 0.0636. The number of aromatic nitrogens is 6. The van der Waals surface area contributed by atoms with E-state index in [1.54, 1.807) is 45.0 Å².